The number of hydrogen-bond donors (Lipinski definition) is 0. The van der Waals surface area contributed by atoms with E-state index in [0.29, 0.717) is 11.2 Å². The van der Waals surface area contributed by atoms with E-state index >= 15 is 0 Å². The van der Waals surface area contributed by atoms with Crippen LogP contribution < -0.4 is 0 Å². The van der Waals surface area contributed by atoms with E-state index in [1.165, 1.54) is 6.20 Å². The zero-order valence-electron chi connectivity index (χ0n) is 8.95. The second-order valence-corrected chi connectivity index (χ2v) is 3.65. The molecule has 0 bridgehead atoms. The van der Waals surface area contributed by atoms with Gasteiger partial charge in [0.05, 0.1) is 17.5 Å². The monoisotopic (exact) mass is 223 g/mol. The van der Waals surface area contributed by atoms with E-state index < -0.39 is 0 Å². The molecule has 0 aliphatic rings. The van der Waals surface area contributed by atoms with Crippen LogP contribution in [0.1, 0.15) is 10.4 Å². The van der Waals surface area contributed by atoms with Crippen molar-refractivity contribution in [3.8, 4) is 11.3 Å². The zero-order valence-corrected chi connectivity index (χ0v) is 8.95. The van der Waals surface area contributed by atoms with E-state index in [4.69, 9.17) is 0 Å². The highest BCUT2D eigenvalue weighted by Gasteiger charge is 2.08. The van der Waals surface area contributed by atoms with Gasteiger partial charge in [-0.3, -0.25) is 4.79 Å². The lowest BCUT2D eigenvalue weighted by molar-refractivity contribution is 0.112. The molecule has 0 saturated carbocycles. The molecule has 3 rings (SSSR count). The number of hydrogen-bond acceptors (Lipinski definition) is 3. The largest absolute Gasteiger partial charge is 0.298 e. The van der Waals surface area contributed by atoms with Gasteiger partial charge in [0, 0.05) is 11.8 Å². The molecule has 2 heterocycles. The first-order valence-electron chi connectivity index (χ1n) is 5.23. The average Bonchev–Trinajstić information content (AvgIpc) is 2.82. The maximum Gasteiger partial charge on any atom is 0.166 e. The molecular formula is C13H9N3O. The number of carbonyl (C=O) groups excluding carboxylic acids is 1. The van der Waals surface area contributed by atoms with Crippen LogP contribution in [0.15, 0.2) is 48.8 Å². The topological polar surface area (TPSA) is 47.3 Å². The first kappa shape index (κ1) is 9.72. The molecule has 0 spiro atoms. The number of aldehydes is 1. The normalized spacial score (nSPS) is 10.6. The molecule has 1 aromatic carbocycles. The van der Waals surface area contributed by atoms with Gasteiger partial charge in [0.2, 0.25) is 0 Å². The molecule has 0 unspecified atom stereocenters. The Hall–Kier alpha value is -2.49. The third-order valence-electron chi connectivity index (χ3n) is 2.63. The minimum absolute atomic E-state index is 0.503. The van der Waals surface area contributed by atoms with E-state index in [-0.39, 0.29) is 0 Å². The Kier molecular flexibility index (Phi) is 2.19. The van der Waals surface area contributed by atoms with Crippen molar-refractivity contribution in [1.29, 1.82) is 0 Å². The maximum atomic E-state index is 10.8. The van der Waals surface area contributed by atoms with Crippen molar-refractivity contribution >= 4 is 11.9 Å². The Bertz CT molecular complexity index is 673. The molecule has 0 radical (unpaired) electrons. The summed E-state index contributed by atoms with van der Waals surface area (Å²) in [6.07, 6.45) is 3.98. The molecule has 0 N–H and O–H groups in total. The van der Waals surface area contributed by atoms with Crippen molar-refractivity contribution in [3.05, 3.63) is 54.4 Å². The number of benzene rings is 1. The van der Waals surface area contributed by atoms with Crippen LogP contribution in [0, 0.1) is 0 Å². The van der Waals surface area contributed by atoms with Gasteiger partial charge >= 0.3 is 0 Å². The van der Waals surface area contributed by atoms with Crippen LogP contribution in [0.4, 0.5) is 0 Å². The van der Waals surface area contributed by atoms with Crippen molar-refractivity contribution in [2.75, 3.05) is 0 Å². The summed E-state index contributed by atoms with van der Waals surface area (Å²) < 4.78 is 1.68. The lowest BCUT2D eigenvalue weighted by Gasteiger charge is -2.03. The minimum Gasteiger partial charge on any atom is -0.298 e. The highest BCUT2D eigenvalue weighted by atomic mass is 16.1. The van der Waals surface area contributed by atoms with Gasteiger partial charge in [0.15, 0.2) is 11.9 Å². The highest BCUT2D eigenvalue weighted by molar-refractivity contribution is 5.84. The second-order valence-electron chi connectivity index (χ2n) is 3.65. The summed E-state index contributed by atoms with van der Waals surface area (Å²) in [4.78, 5) is 15.0. The summed E-state index contributed by atoms with van der Waals surface area (Å²) in [5, 5.41) is 4.19. The zero-order chi connectivity index (χ0) is 11.7. The van der Waals surface area contributed by atoms with Gasteiger partial charge in [-0.05, 0) is 6.07 Å². The quantitative estimate of drug-likeness (QED) is 0.626. The van der Waals surface area contributed by atoms with Crippen LogP contribution in [0.3, 0.4) is 0 Å². The van der Waals surface area contributed by atoms with Crippen LogP contribution >= 0.6 is 0 Å². The Morgan fingerprint density at radius 3 is 2.71 bits per heavy atom. The Morgan fingerprint density at radius 2 is 1.94 bits per heavy atom. The number of fused-ring (bicyclic) bond motifs is 1. The Labute approximate surface area is 97.5 Å². The number of nitrogens with zero attached hydrogens (tertiary/aromatic N) is 3. The SMILES string of the molecule is O=Cc1cnn2c(-c3ccccc3)ccnc12. The first-order chi connectivity index (χ1) is 8.40. The molecule has 17 heavy (non-hydrogen) atoms. The van der Waals surface area contributed by atoms with E-state index in [0.717, 1.165) is 17.5 Å². The fraction of sp³-hybridized carbons (Fsp3) is 0. The van der Waals surface area contributed by atoms with Gasteiger partial charge in [-0.15, -0.1) is 0 Å². The summed E-state index contributed by atoms with van der Waals surface area (Å²) in [6.45, 7) is 0. The van der Waals surface area contributed by atoms with Gasteiger partial charge in [-0.2, -0.15) is 5.10 Å². The van der Waals surface area contributed by atoms with E-state index in [1.807, 2.05) is 36.4 Å². The molecule has 82 valence electrons. The van der Waals surface area contributed by atoms with Gasteiger partial charge in [-0.1, -0.05) is 30.3 Å². The van der Waals surface area contributed by atoms with Gasteiger partial charge in [-0.25, -0.2) is 9.50 Å². The fourth-order valence-corrected chi connectivity index (χ4v) is 1.82. The second kappa shape index (κ2) is 3.83. The number of rotatable bonds is 2. The molecule has 0 aliphatic heterocycles. The predicted molar refractivity (Wildman–Crippen MR) is 63.8 cm³/mol. The molecule has 4 nitrogen and oxygen atoms in total. The third kappa shape index (κ3) is 1.50. The maximum absolute atomic E-state index is 10.8. The molecule has 4 heteroatoms. The van der Waals surface area contributed by atoms with Gasteiger partial charge < -0.3 is 0 Å². The van der Waals surface area contributed by atoms with E-state index in [9.17, 15) is 4.79 Å². The summed E-state index contributed by atoms with van der Waals surface area (Å²) in [5.74, 6) is 0. The van der Waals surface area contributed by atoms with Crippen LogP contribution in [0.25, 0.3) is 16.9 Å². The van der Waals surface area contributed by atoms with Crippen molar-refractivity contribution in [2.45, 2.75) is 0 Å². The van der Waals surface area contributed by atoms with Crippen molar-refractivity contribution in [1.82, 2.24) is 14.6 Å². The first-order valence-corrected chi connectivity index (χ1v) is 5.23. The van der Waals surface area contributed by atoms with E-state index in [2.05, 4.69) is 10.1 Å². The predicted octanol–water partition coefficient (Wildman–Crippen LogP) is 2.21. The summed E-state index contributed by atoms with van der Waals surface area (Å²) in [5.41, 5.74) is 3.05. The minimum atomic E-state index is 0.503. The smallest absolute Gasteiger partial charge is 0.166 e. The molecule has 0 amide bonds. The average molecular weight is 223 g/mol. The lowest BCUT2D eigenvalue weighted by Crippen LogP contribution is -1.95. The van der Waals surface area contributed by atoms with Crippen molar-refractivity contribution in [3.63, 3.8) is 0 Å². The van der Waals surface area contributed by atoms with Crippen LogP contribution in [0.5, 0.6) is 0 Å². The molecule has 0 aliphatic carbocycles. The molecule has 0 saturated heterocycles. The lowest BCUT2D eigenvalue weighted by atomic mass is 10.1. The molecule has 3 aromatic rings. The van der Waals surface area contributed by atoms with Crippen molar-refractivity contribution in [2.24, 2.45) is 0 Å². The summed E-state index contributed by atoms with van der Waals surface area (Å²) in [6, 6.07) is 11.8. The van der Waals surface area contributed by atoms with Crippen LogP contribution in [0.2, 0.25) is 0 Å². The highest BCUT2D eigenvalue weighted by Crippen LogP contribution is 2.19. The standard InChI is InChI=1S/C13H9N3O/c17-9-11-8-15-16-12(6-7-14-13(11)16)10-4-2-1-3-5-10/h1-9H. The number of aromatic nitrogens is 3. The van der Waals surface area contributed by atoms with E-state index in [1.54, 1.807) is 10.7 Å². The Morgan fingerprint density at radius 1 is 1.12 bits per heavy atom. The van der Waals surface area contributed by atoms with Gasteiger partial charge in [0.25, 0.3) is 0 Å². The molecule has 0 atom stereocenters. The van der Waals surface area contributed by atoms with Crippen LogP contribution in [-0.2, 0) is 0 Å². The molecule has 0 fully saturated rings. The molecular weight excluding hydrogens is 214 g/mol. The van der Waals surface area contributed by atoms with Crippen molar-refractivity contribution < 1.29 is 4.79 Å². The Balaban J connectivity index is 2.31. The van der Waals surface area contributed by atoms with Gasteiger partial charge in [0.1, 0.15) is 0 Å². The third-order valence-corrected chi connectivity index (χ3v) is 2.63. The molecule has 2 aromatic heterocycles. The number of carbonyl (C=O) groups is 1. The summed E-state index contributed by atoms with van der Waals surface area (Å²) >= 11 is 0. The summed E-state index contributed by atoms with van der Waals surface area (Å²) in [7, 11) is 0. The van der Waals surface area contributed by atoms with Crippen LogP contribution in [-0.4, -0.2) is 20.9 Å². The fourth-order valence-electron chi connectivity index (χ4n) is 1.82.